The minimum atomic E-state index is 0.393. The third kappa shape index (κ3) is 3.26. The third-order valence-corrected chi connectivity index (χ3v) is 4.38. The molecular weight excluding hydrogens is 329 g/mol. The fourth-order valence-electron chi connectivity index (χ4n) is 1.86. The van der Waals surface area contributed by atoms with E-state index >= 15 is 0 Å². The van der Waals surface area contributed by atoms with Gasteiger partial charge in [0.25, 0.3) is 0 Å². The second-order valence-corrected chi connectivity index (χ2v) is 6.01. The van der Waals surface area contributed by atoms with Crippen LogP contribution in [0.5, 0.6) is 5.75 Å². The van der Waals surface area contributed by atoms with Gasteiger partial charge in [0.15, 0.2) is 5.16 Å². The maximum atomic E-state index is 6.06. The number of benzene rings is 1. The molecule has 0 aliphatic heterocycles. The Balaban J connectivity index is 1.78. The van der Waals surface area contributed by atoms with Gasteiger partial charge in [0, 0.05) is 11.8 Å². The van der Waals surface area contributed by atoms with E-state index in [1.54, 1.807) is 24.9 Å². The van der Waals surface area contributed by atoms with Crippen molar-refractivity contribution in [3.8, 4) is 5.75 Å². The van der Waals surface area contributed by atoms with E-state index in [9.17, 15) is 0 Å². The Kier molecular flexibility index (Phi) is 4.24. The minimum absolute atomic E-state index is 0.393. The Morgan fingerprint density at radius 3 is 2.81 bits per heavy atom. The number of nitrogens with zero attached hydrogens (tertiary/aromatic N) is 2. The molecule has 0 amide bonds. The quantitative estimate of drug-likeness (QED) is 0.558. The SMILES string of the molecule is COc1ccc2nc(SCc3ccc(Cl)nc3Cl)[nH]c2c1. The van der Waals surface area contributed by atoms with Gasteiger partial charge in [-0.1, -0.05) is 41.0 Å². The molecule has 4 nitrogen and oxygen atoms in total. The molecule has 2 heterocycles. The first kappa shape index (κ1) is 14.5. The molecule has 3 aromatic rings. The molecule has 0 bridgehead atoms. The summed E-state index contributed by atoms with van der Waals surface area (Å²) < 4.78 is 5.19. The molecule has 1 N–H and O–H groups in total. The highest BCUT2D eigenvalue weighted by molar-refractivity contribution is 7.98. The summed E-state index contributed by atoms with van der Waals surface area (Å²) >= 11 is 13.4. The number of methoxy groups -OCH3 is 1. The lowest BCUT2D eigenvalue weighted by molar-refractivity contribution is 0.415. The van der Waals surface area contributed by atoms with Crippen molar-refractivity contribution in [1.29, 1.82) is 0 Å². The van der Waals surface area contributed by atoms with Crippen LogP contribution >= 0.6 is 35.0 Å². The predicted molar refractivity (Wildman–Crippen MR) is 86.5 cm³/mol. The van der Waals surface area contributed by atoms with Crippen LogP contribution in [0, 0.1) is 0 Å². The van der Waals surface area contributed by atoms with Crippen LogP contribution in [0.1, 0.15) is 5.56 Å². The number of pyridine rings is 1. The molecule has 0 spiro atoms. The summed E-state index contributed by atoms with van der Waals surface area (Å²) in [6, 6.07) is 9.33. The Morgan fingerprint density at radius 2 is 2.05 bits per heavy atom. The van der Waals surface area contributed by atoms with Gasteiger partial charge in [0.05, 0.1) is 18.1 Å². The van der Waals surface area contributed by atoms with Crippen molar-refractivity contribution >= 4 is 46.0 Å². The number of imidazole rings is 1. The molecule has 0 atom stereocenters. The van der Waals surface area contributed by atoms with Gasteiger partial charge >= 0.3 is 0 Å². The fraction of sp³-hybridized carbons (Fsp3) is 0.143. The monoisotopic (exact) mass is 339 g/mol. The van der Waals surface area contributed by atoms with E-state index in [1.165, 1.54) is 0 Å². The average molecular weight is 340 g/mol. The van der Waals surface area contributed by atoms with Crippen LogP contribution in [0.15, 0.2) is 35.5 Å². The molecule has 1 aromatic carbocycles. The van der Waals surface area contributed by atoms with Crippen molar-refractivity contribution in [3.63, 3.8) is 0 Å². The Morgan fingerprint density at radius 1 is 1.19 bits per heavy atom. The van der Waals surface area contributed by atoms with Crippen molar-refractivity contribution in [2.75, 3.05) is 7.11 Å². The molecule has 0 radical (unpaired) electrons. The highest BCUT2D eigenvalue weighted by Crippen LogP contribution is 2.27. The molecule has 0 fully saturated rings. The summed E-state index contributed by atoms with van der Waals surface area (Å²) in [6.07, 6.45) is 0. The molecule has 7 heteroatoms. The highest BCUT2D eigenvalue weighted by Gasteiger charge is 2.08. The second kappa shape index (κ2) is 6.13. The third-order valence-electron chi connectivity index (χ3n) is 2.92. The van der Waals surface area contributed by atoms with Gasteiger partial charge in [-0.25, -0.2) is 9.97 Å². The van der Waals surface area contributed by atoms with Gasteiger partial charge in [0.2, 0.25) is 0 Å². The lowest BCUT2D eigenvalue weighted by Gasteiger charge is -2.01. The zero-order valence-electron chi connectivity index (χ0n) is 11.1. The Hall–Kier alpha value is -1.43. The highest BCUT2D eigenvalue weighted by atomic mass is 35.5. The van der Waals surface area contributed by atoms with Crippen molar-refractivity contribution in [2.24, 2.45) is 0 Å². The predicted octanol–water partition coefficient (Wildman–Crippen LogP) is 4.57. The fourth-order valence-corrected chi connectivity index (χ4v) is 3.22. The van der Waals surface area contributed by atoms with E-state index in [4.69, 9.17) is 27.9 Å². The second-order valence-electron chi connectivity index (χ2n) is 4.30. The number of halogens is 2. The van der Waals surface area contributed by atoms with E-state index in [0.29, 0.717) is 16.1 Å². The van der Waals surface area contributed by atoms with Crippen LogP contribution in [0.3, 0.4) is 0 Å². The number of aromatic amines is 1. The average Bonchev–Trinajstić information content (AvgIpc) is 2.88. The first-order valence-electron chi connectivity index (χ1n) is 6.13. The number of ether oxygens (including phenoxy) is 1. The number of hydrogen-bond acceptors (Lipinski definition) is 4. The van der Waals surface area contributed by atoms with E-state index < -0.39 is 0 Å². The summed E-state index contributed by atoms with van der Waals surface area (Å²) in [6.45, 7) is 0. The van der Waals surface area contributed by atoms with Crippen molar-refractivity contribution in [3.05, 3.63) is 46.2 Å². The van der Waals surface area contributed by atoms with Gasteiger partial charge in [-0.05, 0) is 23.8 Å². The molecule has 0 saturated carbocycles. The minimum Gasteiger partial charge on any atom is -0.497 e. The first-order valence-corrected chi connectivity index (χ1v) is 7.87. The molecule has 108 valence electrons. The van der Waals surface area contributed by atoms with Crippen LogP contribution in [0.25, 0.3) is 11.0 Å². The van der Waals surface area contributed by atoms with Gasteiger partial charge in [-0.15, -0.1) is 0 Å². The molecular formula is C14H11Cl2N3OS. The normalized spacial score (nSPS) is 11.0. The molecule has 3 rings (SSSR count). The maximum Gasteiger partial charge on any atom is 0.166 e. The number of nitrogens with one attached hydrogen (secondary N) is 1. The zero-order chi connectivity index (χ0) is 14.8. The number of thioether (sulfide) groups is 1. The molecule has 2 aromatic heterocycles. The van der Waals surface area contributed by atoms with Crippen LogP contribution in [-0.2, 0) is 5.75 Å². The van der Waals surface area contributed by atoms with Gasteiger partial charge < -0.3 is 9.72 Å². The summed E-state index contributed by atoms with van der Waals surface area (Å²) in [5, 5.41) is 1.64. The van der Waals surface area contributed by atoms with Crippen molar-refractivity contribution < 1.29 is 4.74 Å². The summed E-state index contributed by atoms with van der Waals surface area (Å²) in [7, 11) is 1.64. The number of fused-ring (bicyclic) bond motifs is 1. The van der Waals surface area contributed by atoms with E-state index in [-0.39, 0.29) is 0 Å². The Bertz CT molecular complexity index is 791. The van der Waals surface area contributed by atoms with Crippen LogP contribution < -0.4 is 4.74 Å². The number of hydrogen-bond donors (Lipinski definition) is 1. The summed E-state index contributed by atoms with van der Waals surface area (Å²) in [5.41, 5.74) is 2.76. The van der Waals surface area contributed by atoms with Crippen molar-refractivity contribution in [2.45, 2.75) is 10.9 Å². The first-order chi connectivity index (χ1) is 10.2. The Labute approximate surface area is 135 Å². The van der Waals surface area contributed by atoms with E-state index in [2.05, 4.69) is 15.0 Å². The zero-order valence-corrected chi connectivity index (χ0v) is 13.4. The molecule has 0 aliphatic carbocycles. The molecule has 0 aliphatic rings. The standard InChI is InChI=1S/C14H11Cl2N3OS/c1-20-9-3-4-10-11(6-9)18-14(17-10)21-7-8-2-5-12(15)19-13(8)16/h2-6H,7H2,1H3,(H,17,18). The van der Waals surface area contributed by atoms with E-state index in [0.717, 1.165) is 27.5 Å². The lowest BCUT2D eigenvalue weighted by atomic mass is 10.3. The smallest absolute Gasteiger partial charge is 0.166 e. The summed E-state index contributed by atoms with van der Waals surface area (Å²) in [4.78, 5) is 11.8. The van der Waals surface area contributed by atoms with Crippen molar-refractivity contribution in [1.82, 2.24) is 15.0 Å². The largest absolute Gasteiger partial charge is 0.497 e. The number of rotatable bonds is 4. The van der Waals surface area contributed by atoms with Gasteiger partial charge in [0.1, 0.15) is 16.1 Å². The van der Waals surface area contributed by atoms with Crippen LogP contribution in [-0.4, -0.2) is 22.1 Å². The maximum absolute atomic E-state index is 6.06. The number of aromatic nitrogens is 3. The molecule has 0 saturated heterocycles. The van der Waals surface area contributed by atoms with Gasteiger partial charge in [-0.2, -0.15) is 0 Å². The topological polar surface area (TPSA) is 50.8 Å². The van der Waals surface area contributed by atoms with Crippen LogP contribution in [0.2, 0.25) is 10.3 Å². The molecule has 0 unspecified atom stereocenters. The van der Waals surface area contributed by atoms with E-state index in [1.807, 2.05) is 24.3 Å². The lowest BCUT2D eigenvalue weighted by Crippen LogP contribution is -1.87. The number of H-pyrrole nitrogens is 1. The summed E-state index contributed by atoms with van der Waals surface area (Å²) in [5.74, 6) is 1.47. The van der Waals surface area contributed by atoms with Crippen LogP contribution in [0.4, 0.5) is 0 Å². The van der Waals surface area contributed by atoms with Gasteiger partial charge in [-0.3, -0.25) is 0 Å². The molecule has 21 heavy (non-hydrogen) atoms.